The van der Waals surface area contributed by atoms with Crippen LogP contribution in [0.5, 0.6) is 0 Å². The summed E-state index contributed by atoms with van der Waals surface area (Å²) < 4.78 is 4.73. The van der Waals surface area contributed by atoms with Crippen LogP contribution in [0, 0.1) is 5.92 Å². The van der Waals surface area contributed by atoms with Crippen molar-refractivity contribution in [1.29, 1.82) is 0 Å². The first-order valence-corrected chi connectivity index (χ1v) is 6.94. The summed E-state index contributed by atoms with van der Waals surface area (Å²) in [5.41, 5.74) is 0. The smallest absolute Gasteiger partial charge is 0.318 e. The van der Waals surface area contributed by atoms with Gasteiger partial charge in [-0.1, -0.05) is 39.5 Å². The Hall–Kier alpha value is -0.900. The number of aliphatic hydroxyl groups excluding tert-OH is 1. The Morgan fingerprint density at radius 3 is 2.22 bits per heavy atom. The molecule has 0 aliphatic heterocycles. The maximum absolute atomic E-state index is 12.0. The van der Waals surface area contributed by atoms with Gasteiger partial charge in [0, 0.05) is 6.42 Å². The van der Waals surface area contributed by atoms with Gasteiger partial charge < -0.3 is 9.84 Å². The molecule has 0 radical (unpaired) electrons. The number of hydrogen-bond donors (Lipinski definition) is 1. The highest BCUT2D eigenvalue weighted by atomic mass is 16.6. The SMILES string of the molecule is CCCCCC(=O)C(CCCC)C(=O)OC(C)O. The molecule has 0 heterocycles. The first kappa shape index (κ1) is 17.1. The van der Waals surface area contributed by atoms with Crippen LogP contribution >= 0.6 is 0 Å². The van der Waals surface area contributed by atoms with Crippen molar-refractivity contribution in [3.8, 4) is 0 Å². The predicted octanol–water partition coefficient (Wildman–Crippen LogP) is 2.82. The molecule has 1 N–H and O–H groups in total. The quantitative estimate of drug-likeness (QED) is 0.283. The summed E-state index contributed by atoms with van der Waals surface area (Å²) in [7, 11) is 0. The van der Waals surface area contributed by atoms with Crippen LogP contribution < -0.4 is 0 Å². The van der Waals surface area contributed by atoms with Gasteiger partial charge in [0.25, 0.3) is 0 Å². The standard InChI is InChI=1S/C14H26O4/c1-4-6-8-10-13(16)12(9-7-5-2)14(17)18-11(3)15/h11-12,15H,4-10H2,1-3H3. The normalized spacial score (nSPS) is 14.0. The molecule has 0 aromatic heterocycles. The van der Waals surface area contributed by atoms with Gasteiger partial charge in [-0.2, -0.15) is 0 Å². The molecule has 0 bridgehead atoms. The monoisotopic (exact) mass is 258 g/mol. The van der Waals surface area contributed by atoms with Crippen LogP contribution in [0.1, 0.15) is 65.7 Å². The third-order valence-corrected chi connectivity index (χ3v) is 2.83. The third kappa shape index (κ3) is 7.43. The molecular weight excluding hydrogens is 232 g/mol. The summed E-state index contributed by atoms with van der Waals surface area (Å²) in [5.74, 6) is -1.33. The molecule has 18 heavy (non-hydrogen) atoms. The van der Waals surface area contributed by atoms with Gasteiger partial charge in [-0.25, -0.2) is 0 Å². The predicted molar refractivity (Wildman–Crippen MR) is 69.9 cm³/mol. The third-order valence-electron chi connectivity index (χ3n) is 2.83. The lowest BCUT2D eigenvalue weighted by atomic mass is 9.94. The molecule has 0 amide bonds. The van der Waals surface area contributed by atoms with Gasteiger partial charge in [0.15, 0.2) is 6.29 Å². The van der Waals surface area contributed by atoms with E-state index in [1.165, 1.54) is 6.92 Å². The Kier molecular flexibility index (Phi) is 9.56. The number of hydrogen-bond acceptors (Lipinski definition) is 4. The molecule has 0 fully saturated rings. The number of ketones is 1. The van der Waals surface area contributed by atoms with E-state index >= 15 is 0 Å². The summed E-state index contributed by atoms with van der Waals surface area (Å²) in [6, 6.07) is 0. The molecule has 0 aliphatic rings. The van der Waals surface area contributed by atoms with E-state index in [4.69, 9.17) is 9.84 Å². The van der Waals surface area contributed by atoms with E-state index in [0.29, 0.717) is 12.8 Å². The van der Waals surface area contributed by atoms with Gasteiger partial charge >= 0.3 is 5.97 Å². The van der Waals surface area contributed by atoms with E-state index < -0.39 is 18.2 Å². The van der Waals surface area contributed by atoms with E-state index in [1.54, 1.807) is 0 Å². The topological polar surface area (TPSA) is 63.6 Å². The minimum Gasteiger partial charge on any atom is -0.436 e. The molecule has 0 aromatic carbocycles. The molecule has 0 aliphatic carbocycles. The maximum Gasteiger partial charge on any atom is 0.318 e. The maximum atomic E-state index is 12.0. The summed E-state index contributed by atoms with van der Waals surface area (Å²) >= 11 is 0. The number of aliphatic hydroxyl groups is 1. The van der Waals surface area contributed by atoms with Crippen molar-refractivity contribution in [2.45, 2.75) is 72.0 Å². The average molecular weight is 258 g/mol. The van der Waals surface area contributed by atoms with Crippen LogP contribution in [0.25, 0.3) is 0 Å². The first-order valence-electron chi connectivity index (χ1n) is 6.94. The Labute approximate surface area is 110 Å². The number of carbonyl (C=O) groups excluding carboxylic acids is 2. The highest BCUT2D eigenvalue weighted by Gasteiger charge is 2.27. The number of rotatable bonds is 10. The second kappa shape index (κ2) is 10.1. The highest BCUT2D eigenvalue weighted by Crippen LogP contribution is 2.16. The fourth-order valence-electron chi connectivity index (χ4n) is 1.79. The van der Waals surface area contributed by atoms with Crippen molar-refractivity contribution in [2.24, 2.45) is 5.92 Å². The van der Waals surface area contributed by atoms with Crippen LogP contribution in [0.15, 0.2) is 0 Å². The van der Waals surface area contributed by atoms with E-state index in [1.807, 2.05) is 6.92 Å². The minimum atomic E-state index is -1.15. The molecule has 0 aromatic rings. The molecule has 2 atom stereocenters. The number of Topliss-reactive ketones (excluding diaryl/α,β-unsaturated/α-hetero) is 1. The largest absolute Gasteiger partial charge is 0.436 e. The zero-order valence-corrected chi connectivity index (χ0v) is 11.8. The van der Waals surface area contributed by atoms with Crippen molar-refractivity contribution >= 4 is 11.8 Å². The van der Waals surface area contributed by atoms with Crippen LogP contribution in [0.4, 0.5) is 0 Å². The lowest BCUT2D eigenvalue weighted by molar-refractivity contribution is -0.171. The lowest BCUT2D eigenvalue weighted by Crippen LogP contribution is -2.28. The van der Waals surface area contributed by atoms with Crippen molar-refractivity contribution in [1.82, 2.24) is 0 Å². The molecule has 0 spiro atoms. The molecule has 4 nitrogen and oxygen atoms in total. The van der Waals surface area contributed by atoms with Crippen LogP contribution in [-0.4, -0.2) is 23.1 Å². The Bertz CT molecular complexity index is 248. The van der Waals surface area contributed by atoms with E-state index in [2.05, 4.69) is 6.92 Å². The van der Waals surface area contributed by atoms with Gasteiger partial charge in [0.05, 0.1) is 0 Å². The van der Waals surface area contributed by atoms with Crippen molar-refractivity contribution < 1.29 is 19.4 Å². The molecular formula is C14H26O4. The number of ether oxygens (including phenoxy) is 1. The summed E-state index contributed by atoms with van der Waals surface area (Å²) in [4.78, 5) is 23.7. The second-order valence-electron chi connectivity index (χ2n) is 4.65. The second-order valence-corrected chi connectivity index (χ2v) is 4.65. The highest BCUT2D eigenvalue weighted by molar-refractivity contribution is 5.98. The number of esters is 1. The van der Waals surface area contributed by atoms with Gasteiger partial charge in [-0.15, -0.1) is 0 Å². The molecule has 0 rings (SSSR count). The van der Waals surface area contributed by atoms with E-state index in [0.717, 1.165) is 32.1 Å². The molecule has 0 saturated heterocycles. The van der Waals surface area contributed by atoms with Crippen molar-refractivity contribution in [3.05, 3.63) is 0 Å². The molecule has 106 valence electrons. The van der Waals surface area contributed by atoms with Crippen LogP contribution in [-0.2, 0) is 14.3 Å². The van der Waals surface area contributed by atoms with E-state index in [9.17, 15) is 9.59 Å². The fraction of sp³-hybridized carbons (Fsp3) is 0.857. The number of carbonyl (C=O) groups is 2. The van der Waals surface area contributed by atoms with Crippen LogP contribution in [0.2, 0.25) is 0 Å². The van der Waals surface area contributed by atoms with Gasteiger partial charge in [0.2, 0.25) is 0 Å². The zero-order valence-electron chi connectivity index (χ0n) is 11.8. The van der Waals surface area contributed by atoms with Gasteiger partial charge in [-0.3, -0.25) is 9.59 Å². The average Bonchev–Trinajstić information content (AvgIpc) is 2.29. The van der Waals surface area contributed by atoms with Gasteiger partial charge in [-0.05, 0) is 19.8 Å². The Morgan fingerprint density at radius 2 is 1.72 bits per heavy atom. The fourth-order valence-corrected chi connectivity index (χ4v) is 1.79. The molecule has 0 saturated carbocycles. The Balaban J connectivity index is 4.35. The molecule has 4 heteroatoms. The summed E-state index contributed by atoms with van der Waals surface area (Å²) in [6.45, 7) is 5.45. The Morgan fingerprint density at radius 1 is 1.11 bits per heavy atom. The zero-order chi connectivity index (χ0) is 14.0. The van der Waals surface area contributed by atoms with Gasteiger partial charge in [0.1, 0.15) is 11.7 Å². The van der Waals surface area contributed by atoms with Crippen molar-refractivity contribution in [3.63, 3.8) is 0 Å². The lowest BCUT2D eigenvalue weighted by Gasteiger charge is -2.16. The number of unbranched alkanes of at least 4 members (excludes halogenated alkanes) is 3. The van der Waals surface area contributed by atoms with Crippen LogP contribution in [0.3, 0.4) is 0 Å². The summed E-state index contributed by atoms with van der Waals surface area (Å²) in [5, 5.41) is 9.04. The minimum absolute atomic E-state index is 0.0532. The molecule has 2 unspecified atom stereocenters. The first-order chi connectivity index (χ1) is 8.52. The van der Waals surface area contributed by atoms with Crippen molar-refractivity contribution in [2.75, 3.05) is 0 Å². The summed E-state index contributed by atoms with van der Waals surface area (Å²) in [6.07, 6.45) is 4.41. The van der Waals surface area contributed by atoms with E-state index in [-0.39, 0.29) is 5.78 Å².